The number of hydrogen-bond acceptors (Lipinski definition) is 3. The van der Waals surface area contributed by atoms with Crippen molar-refractivity contribution in [3.8, 4) is 5.75 Å². The second-order valence-corrected chi connectivity index (χ2v) is 5.32. The number of rotatable bonds is 8. The van der Waals surface area contributed by atoms with Crippen molar-refractivity contribution in [3.05, 3.63) is 29.8 Å². The molecule has 0 spiro atoms. The molecule has 1 fully saturated rings. The summed E-state index contributed by atoms with van der Waals surface area (Å²) in [5.41, 5.74) is 1.25. The molecule has 1 aromatic carbocycles. The largest absolute Gasteiger partial charge is 0.492 e. The van der Waals surface area contributed by atoms with Gasteiger partial charge in [-0.2, -0.15) is 0 Å². The van der Waals surface area contributed by atoms with E-state index in [-0.39, 0.29) is 0 Å². The van der Waals surface area contributed by atoms with Gasteiger partial charge < -0.3 is 15.0 Å². The summed E-state index contributed by atoms with van der Waals surface area (Å²) in [5.74, 6) is 0.971. The van der Waals surface area contributed by atoms with Crippen molar-refractivity contribution >= 4 is 0 Å². The van der Waals surface area contributed by atoms with Gasteiger partial charge in [0.05, 0.1) is 0 Å². The van der Waals surface area contributed by atoms with E-state index >= 15 is 0 Å². The second kappa shape index (κ2) is 8.18. The Morgan fingerprint density at radius 1 is 1.21 bits per heavy atom. The van der Waals surface area contributed by atoms with Crippen LogP contribution in [0, 0.1) is 6.92 Å². The number of ether oxygens (including phenoxy) is 1. The molecule has 0 aromatic heterocycles. The summed E-state index contributed by atoms with van der Waals surface area (Å²) in [6, 6.07) is 8.21. The van der Waals surface area contributed by atoms with Crippen LogP contribution in [0.5, 0.6) is 5.75 Å². The second-order valence-electron chi connectivity index (χ2n) is 5.32. The van der Waals surface area contributed by atoms with Gasteiger partial charge in [-0.15, -0.1) is 0 Å². The molecular weight excluding hydrogens is 236 g/mol. The van der Waals surface area contributed by atoms with Gasteiger partial charge in [-0.05, 0) is 70.1 Å². The lowest BCUT2D eigenvalue weighted by Crippen LogP contribution is -2.27. The quantitative estimate of drug-likeness (QED) is 0.728. The third-order valence-corrected chi connectivity index (χ3v) is 3.56. The molecule has 1 aliphatic heterocycles. The van der Waals surface area contributed by atoms with Crippen molar-refractivity contribution in [2.24, 2.45) is 0 Å². The summed E-state index contributed by atoms with van der Waals surface area (Å²) in [5, 5.41) is 3.44. The molecule has 1 heterocycles. The molecule has 0 bridgehead atoms. The predicted octanol–water partition coefficient (Wildman–Crippen LogP) is 2.45. The van der Waals surface area contributed by atoms with Gasteiger partial charge in [-0.25, -0.2) is 0 Å². The molecule has 0 atom stereocenters. The van der Waals surface area contributed by atoms with E-state index in [9.17, 15) is 0 Å². The zero-order valence-electron chi connectivity index (χ0n) is 12.0. The van der Waals surface area contributed by atoms with E-state index in [1.165, 1.54) is 44.5 Å². The highest BCUT2D eigenvalue weighted by atomic mass is 16.5. The molecule has 1 saturated heterocycles. The van der Waals surface area contributed by atoms with Crippen molar-refractivity contribution in [3.63, 3.8) is 0 Å². The molecule has 0 aliphatic carbocycles. The molecule has 0 amide bonds. The van der Waals surface area contributed by atoms with Gasteiger partial charge in [0, 0.05) is 6.54 Å². The Hall–Kier alpha value is -1.06. The number of likely N-dealkylation sites (tertiary alicyclic amines) is 1. The van der Waals surface area contributed by atoms with E-state index < -0.39 is 0 Å². The molecular formula is C16H26N2O. The summed E-state index contributed by atoms with van der Waals surface area (Å²) in [6.07, 6.45) is 4.01. The van der Waals surface area contributed by atoms with Crippen LogP contribution in [-0.4, -0.2) is 44.2 Å². The molecule has 3 heteroatoms. The van der Waals surface area contributed by atoms with Crippen LogP contribution in [0.25, 0.3) is 0 Å². The van der Waals surface area contributed by atoms with Gasteiger partial charge in [0.25, 0.3) is 0 Å². The zero-order chi connectivity index (χ0) is 13.3. The van der Waals surface area contributed by atoms with Crippen LogP contribution in [0.1, 0.15) is 24.8 Å². The number of nitrogens with one attached hydrogen (secondary N) is 1. The Kier molecular flexibility index (Phi) is 6.18. The first-order valence-corrected chi connectivity index (χ1v) is 7.47. The van der Waals surface area contributed by atoms with Gasteiger partial charge >= 0.3 is 0 Å². The molecule has 1 aliphatic rings. The van der Waals surface area contributed by atoms with E-state index in [4.69, 9.17) is 4.74 Å². The van der Waals surface area contributed by atoms with Crippen molar-refractivity contribution in [1.29, 1.82) is 0 Å². The highest BCUT2D eigenvalue weighted by Gasteiger charge is 2.09. The van der Waals surface area contributed by atoms with E-state index in [0.29, 0.717) is 0 Å². The van der Waals surface area contributed by atoms with Crippen LogP contribution in [-0.2, 0) is 0 Å². The number of nitrogens with zero attached hydrogens (tertiary/aromatic N) is 1. The standard InChI is InChI=1S/C16H26N2O/c1-15-6-4-7-16(14-15)19-13-9-17-8-5-12-18-10-2-3-11-18/h4,6-7,14,17H,2-3,5,8-13H2,1H3. The normalized spacial score (nSPS) is 15.8. The Labute approximate surface area is 116 Å². The minimum atomic E-state index is 0.743. The van der Waals surface area contributed by atoms with Crippen LogP contribution in [0.3, 0.4) is 0 Å². The van der Waals surface area contributed by atoms with E-state index in [1.54, 1.807) is 0 Å². The van der Waals surface area contributed by atoms with Gasteiger partial charge in [0.1, 0.15) is 12.4 Å². The maximum Gasteiger partial charge on any atom is 0.119 e. The first-order valence-electron chi connectivity index (χ1n) is 7.47. The van der Waals surface area contributed by atoms with Gasteiger partial charge in [-0.1, -0.05) is 12.1 Å². The molecule has 2 rings (SSSR count). The van der Waals surface area contributed by atoms with Crippen molar-refractivity contribution in [2.45, 2.75) is 26.2 Å². The van der Waals surface area contributed by atoms with E-state index in [2.05, 4.69) is 29.3 Å². The average Bonchev–Trinajstić information content (AvgIpc) is 2.91. The smallest absolute Gasteiger partial charge is 0.119 e. The summed E-state index contributed by atoms with van der Waals surface area (Å²) < 4.78 is 5.69. The van der Waals surface area contributed by atoms with Crippen molar-refractivity contribution in [1.82, 2.24) is 10.2 Å². The first-order chi connectivity index (χ1) is 9.34. The molecule has 3 nitrogen and oxygen atoms in total. The lowest BCUT2D eigenvalue weighted by Gasteiger charge is -2.14. The summed E-state index contributed by atoms with van der Waals surface area (Å²) in [7, 11) is 0. The minimum Gasteiger partial charge on any atom is -0.492 e. The summed E-state index contributed by atoms with van der Waals surface area (Å²) >= 11 is 0. The SMILES string of the molecule is Cc1cccc(OCCNCCCN2CCCC2)c1. The van der Waals surface area contributed by atoms with Gasteiger partial charge in [0.2, 0.25) is 0 Å². The summed E-state index contributed by atoms with van der Waals surface area (Å²) in [6.45, 7) is 8.69. The number of benzene rings is 1. The first kappa shape index (κ1) is 14.4. The van der Waals surface area contributed by atoms with Crippen LogP contribution >= 0.6 is 0 Å². The molecule has 0 saturated carbocycles. The third kappa shape index (κ3) is 5.62. The lowest BCUT2D eigenvalue weighted by molar-refractivity contribution is 0.305. The Bertz CT molecular complexity index is 362. The molecule has 1 N–H and O–H groups in total. The fourth-order valence-electron chi connectivity index (χ4n) is 2.51. The Balaban J connectivity index is 1.46. The fourth-order valence-corrected chi connectivity index (χ4v) is 2.51. The highest BCUT2D eigenvalue weighted by molar-refractivity contribution is 5.27. The zero-order valence-corrected chi connectivity index (χ0v) is 12.0. The molecule has 0 unspecified atom stereocenters. The maximum absolute atomic E-state index is 5.69. The highest BCUT2D eigenvalue weighted by Crippen LogP contribution is 2.11. The molecule has 0 radical (unpaired) electrons. The molecule has 106 valence electrons. The topological polar surface area (TPSA) is 24.5 Å². The molecule has 19 heavy (non-hydrogen) atoms. The Morgan fingerprint density at radius 2 is 2.05 bits per heavy atom. The number of hydrogen-bond donors (Lipinski definition) is 1. The molecule has 1 aromatic rings. The van der Waals surface area contributed by atoms with E-state index in [0.717, 1.165) is 25.4 Å². The van der Waals surface area contributed by atoms with Crippen molar-refractivity contribution in [2.75, 3.05) is 39.3 Å². The van der Waals surface area contributed by atoms with E-state index in [1.807, 2.05) is 12.1 Å². The fraction of sp³-hybridized carbons (Fsp3) is 0.625. The predicted molar refractivity (Wildman–Crippen MR) is 79.8 cm³/mol. The Morgan fingerprint density at radius 3 is 2.84 bits per heavy atom. The van der Waals surface area contributed by atoms with Crippen LogP contribution in [0.2, 0.25) is 0 Å². The summed E-state index contributed by atoms with van der Waals surface area (Å²) in [4.78, 5) is 2.56. The lowest BCUT2D eigenvalue weighted by atomic mass is 10.2. The van der Waals surface area contributed by atoms with Crippen LogP contribution in [0.15, 0.2) is 24.3 Å². The maximum atomic E-state index is 5.69. The van der Waals surface area contributed by atoms with Gasteiger partial charge in [0.15, 0.2) is 0 Å². The average molecular weight is 262 g/mol. The monoisotopic (exact) mass is 262 g/mol. The van der Waals surface area contributed by atoms with Crippen LogP contribution < -0.4 is 10.1 Å². The third-order valence-electron chi connectivity index (χ3n) is 3.56. The minimum absolute atomic E-state index is 0.743. The number of aryl methyl sites for hydroxylation is 1. The van der Waals surface area contributed by atoms with Crippen LogP contribution in [0.4, 0.5) is 0 Å². The van der Waals surface area contributed by atoms with Gasteiger partial charge in [-0.3, -0.25) is 0 Å². The van der Waals surface area contributed by atoms with Crippen molar-refractivity contribution < 1.29 is 4.74 Å².